The number of aromatic hydroxyl groups is 1. The van der Waals surface area contributed by atoms with Gasteiger partial charge in [0.25, 0.3) is 5.91 Å². The van der Waals surface area contributed by atoms with Gasteiger partial charge in [0.05, 0.1) is 18.3 Å². The lowest BCUT2D eigenvalue weighted by Crippen LogP contribution is -2.31. The maximum atomic E-state index is 13.1. The predicted octanol–water partition coefficient (Wildman–Crippen LogP) is 3.40. The van der Waals surface area contributed by atoms with Crippen molar-refractivity contribution in [3.05, 3.63) is 84.6 Å². The summed E-state index contributed by atoms with van der Waals surface area (Å²) in [5.74, 6) is -1.49. The SMILES string of the molecule is O=C1C(=O)N(CCCn2ccnc2)C(c2ccc3[nH]ccc3c2)C1c1cccc(O)c1. The minimum atomic E-state index is -0.663. The van der Waals surface area contributed by atoms with Crippen LogP contribution in [0.1, 0.15) is 29.5 Å². The third-order valence-corrected chi connectivity index (χ3v) is 5.93. The minimum absolute atomic E-state index is 0.0798. The van der Waals surface area contributed by atoms with Crippen LogP contribution in [0.3, 0.4) is 0 Å². The standard InChI is InChI=1S/C24H22N4O3/c29-19-4-1-3-17(14-19)21-22(18-5-6-20-16(13-18)7-8-26-20)28(24(31)23(21)30)11-2-10-27-12-9-25-15-27/h1,3-9,12-15,21-22,26,29H,2,10-11H2. The van der Waals surface area contributed by atoms with Crippen LogP contribution in [0, 0.1) is 0 Å². The molecule has 0 spiro atoms. The molecule has 1 fully saturated rings. The molecule has 2 aromatic heterocycles. The molecule has 0 bridgehead atoms. The Labute approximate surface area is 179 Å². The van der Waals surface area contributed by atoms with Gasteiger partial charge >= 0.3 is 0 Å². The highest BCUT2D eigenvalue weighted by Gasteiger charge is 2.48. The van der Waals surface area contributed by atoms with E-state index in [-0.39, 0.29) is 5.75 Å². The van der Waals surface area contributed by atoms with Crippen LogP contribution in [0.25, 0.3) is 10.9 Å². The fourth-order valence-electron chi connectivity index (χ4n) is 4.49. The van der Waals surface area contributed by atoms with Gasteiger partial charge in [-0.1, -0.05) is 18.2 Å². The summed E-state index contributed by atoms with van der Waals surface area (Å²) >= 11 is 0. The molecule has 1 aliphatic rings. The van der Waals surface area contributed by atoms with E-state index in [1.165, 1.54) is 0 Å². The van der Waals surface area contributed by atoms with Crippen LogP contribution in [0.15, 0.2) is 73.4 Å². The molecule has 3 heterocycles. The molecular weight excluding hydrogens is 392 g/mol. The molecule has 7 nitrogen and oxygen atoms in total. The van der Waals surface area contributed by atoms with Crippen molar-refractivity contribution >= 4 is 22.6 Å². The number of carbonyl (C=O) groups is 2. The Bertz CT molecular complexity index is 1240. The topological polar surface area (TPSA) is 91.2 Å². The molecule has 4 aromatic rings. The Morgan fingerprint density at radius 2 is 1.94 bits per heavy atom. The molecule has 7 heteroatoms. The minimum Gasteiger partial charge on any atom is -0.508 e. The second kappa shape index (κ2) is 7.75. The van der Waals surface area contributed by atoms with Gasteiger partial charge in [0.15, 0.2) is 0 Å². The van der Waals surface area contributed by atoms with Gasteiger partial charge < -0.3 is 19.6 Å². The highest BCUT2D eigenvalue weighted by atomic mass is 16.3. The van der Waals surface area contributed by atoms with E-state index in [1.807, 2.05) is 41.2 Å². The summed E-state index contributed by atoms with van der Waals surface area (Å²) in [7, 11) is 0. The van der Waals surface area contributed by atoms with Gasteiger partial charge in [-0.15, -0.1) is 0 Å². The number of likely N-dealkylation sites (tertiary alicyclic amines) is 1. The van der Waals surface area contributed by atoms with Crippen LogP contribution in [0.5, 0.6) is 5.75 Å². The Hall–Kier alpha value is -3.87. The number of rotatable bonds is 6. The first-order valence-corrected chi connectivity index (χ1v) is 10.3. The van der Waals surface area contributed by atoms with Gasteiger partial charge in [-0.3, -0.25) is 9.59 Å². The number of aryl methyl sites for hydroxylation is 1. The van der Waals surface area contributed by atoms with Crippen molar-refractivity contribution in [2.24, 2.45) is 0 Å². The van der Waals surface area contributed by atoms with Gasteiger partial charge in [0, 0.05) is 37.2 Å². The summed E-state index contributed by atoms with van der Waals surface area (Å²) < 4.78 is 1.95. The number of benzene rings is 2. The summed E-state index contributed by atoms with van der Waals surface area (Å²) in [6, 6.07) is 14.2. The number of hydrogen-bond donors (Lipinski definition) is 2. The van der Waals surface area contributed by atoms with E-state index in [2.05, 4.69) is 9.97 Å². The van der Waals surface area contributed by atoms with Crippen LogP contribution < -0.4 is 0 Å². The van der Waals surface area contributed by atoms with Gasteiger partial charge in [0.2, 0.25) is 5.78 Å². The summed E-state index contributed by atoms with van der Waals surface area (Å²) in [4.78, 5) is 35.1. The molecule has 1 aliphatic heterocycles. The Morgan fingerprint density at radius 3 is 2.74 bits per heavy atom. The number of nitrogens with one attached hydrogen (secondary N) is 1. The Morgan fingerprint density at radius 1 is 1.03 bits per heavy atom. The average molecular weight is 414 g/mol. The summed E-state index contributed by atoms with van der Waals surface area (Å²) in [6.45, 7) is 1.16. The van der Waals surface area contributed by atoms with E-state index in [1.54, 1.807) is 41.7 Å². The molecule has 2 aromatic carbocycles. The number of fused-ring (bicyclic) bond motifs is 1. The fraction of sp³-hybridized carbons (Fsp3) is 0.208. The summed E-state index contributed by atoms with van der Waals surface area (Å²) in [6.07, 6.45) is 7.91. The van der Waals surface area contributed by atoms with Crippen LogP contribution in [0.2, 0.25) is 0 Å². The zero-order valence-corrected chi connectivity index (χ0v) is 16.8. The zero-order chi connectivity index (χ0) is 21.4. The van der Waals surface area contributed by atoms with Crippen LogP contribution >= 0.6 is 0 Å². The number of Topliss-reactive ketones (excluding diaryl/α,β-unsaturated/α-hetero) is 1. The molecule has 31 heavy (non-hydrogen) atoms. The number of carbonyl (C=O) groups excluding carboxylic acids is 2. The molecule has 2 atom stereocenters. The number of ketones is 1. The second-order valence-corrected chi connectivity index (χ2v) is 7.86. The highest BCUT2D eigenvalue weighted by molar-refractivity contribution is 6.40. The number of amides is 1. The molecule has 1 saturated heterocycles. The molecule has 2 unspecified atom stereocenters. The number of hydrogen-bond acceptors (Lipinski definition) is 4. The highest BCUT2D eigenvalue weighted by Crippen LogP contribution is 2.43. The van der Waals surface area contributed by atoms with E-state index < -0.39 is 23.7 Å². The molecule has 0 aliphatic carbocycles. The van der Waals surface area contributed by atoms with E-state index in [9.17, 15) is 14.7 Å². The molecule has 1 amide bonds. The van der Waals surface area contributed by atoms with Crippen molar-refractivity contribution in [2.45, 2.75) is 24.9 Å². The number of aromatic nitrogens is 3. The largest absolute Gasteiger partial charge is 0.508 e. The van der Waals surface area contributed by atoms with Crippen molar-refractivity contribution in [2.75, 3.05) is 6.54 Å². The normalized spacial score (nSPS) is 18.9. The predicted molar refractivity (Wildman–Crippen MR) is 115 cm³/mol. The Kier molecular flexibility index (Phi) is 4.78. The maximum absolute atomic E-state index is 13.1. The first-order chi connectivity index (χ1) is 15.1. The molecular formula is C24H22N4O3. The second-order valence-electron chi connectivity index (χ2n) is 7.86. The van der Waals surface area contributed by atoms with Crippen molar-refractivity contribution in [1.29, 1.82) is 0 Å². The van der Waals surface area contributed by atoms with E-state index in [4.69, 9.17) is 0 Å². The third kappa shape index (κ3) is 3.48. The summed E-state index contributed by atoms with van der Waals surface area (Å²) in [5, 5.41) is 11.0. The van der Waals surface area contributed by atoms with Crippen LogP contribution in [-0.4, -0.2) is 42.8 Å². The van der Waals surface area contributed by atoms with Crippen molar-refractivity contribution < 1.29 is 14.7 Å². The molecule has 0 radical (unpaired) electrons. The monoisotopic (exact) mass is 414 g/mol. The first-order valence-electron chi connectivity index (χ1n) is 10.3. The quantitative estimate of drug-likeness (QED) is 0.473. The van der Waals surface area contributed by atoms with E-state index in [0.717, 1.165) is 16.5 Å². The Balaban J connectivity index is 1.52. The molecule has 0 saturated carbocycles. The average Bonchev–Trinajstić information content (AvgIpc) is 3.50. The number of H-pyrrole nitrogens is 1. The van der Waals surface area contributed by atoms with Crippen molar-refractivity contribution in [1.82, 2.24) is 19.4 Å². The number of phenolic OH excluding ortho intramolecular Hbond substituents is 1. The van der Waals surface area contributed by atoms with Crippen molar-refractivity contribution in [3.8, 4) is 5.75 Å². The van der Waals surface area contributed by atoms with Crippen LogP contribution in [-0.2, 0) is 16.1 Å². The van der Waals surface area contributed by atoms with E-state index in [0.29, 0.717) is 25.1 Å². The van der Waals surface area contributed by atoms with E-state index >= 15 is 0 Å². The van der Waals surface area contributed by atoms with Crippen LogP contribution in [0.4, 0.5) is 0 Å². The lowest BCUT2D eigenvalue weighted by Gasteiger charge is -2.28. The van der Waals surface area contributed by atoms with Crippen molar-refractivity contribution in [3.63, 3.8) is 0 Å². The summed E-state index contributed by atoms with van der Waals surface area (Å²) in [5.41, 5.74) is 2.55. The molecule has 2 N–H and O–H groups in total. The maximum Gasteiger partial charge on any atom is 0.291 e. The fourth-order valence-corrected chi connectivity index (χ4v) is 4.49. The van der Waals surface area contributed by atoms with Gasteiger partial charge in [-0.25, -0.2) is 4.98 Å². The lowest BCUT2D eigenvalue weighted by molar-refractivity contribution is -0.140. The van der Waals surface area contributed by atoms with Gasteiger partial charge in [-0.2, -0.15) is 0 Å². The third-order valence-electron chi connectivity index (χ3n) is 5.93. The van der Waals surface area contributed by atoms with Gasteiger partial charge in [0.1, 0.15) is 5.75 Å². The van der Waals surface area contributed by atoms with Gasteiger partial charge in [-0.05, 0) is 53.3 Å². The lowest BCUT2D eigenvalue weighted by atomic mass is 9.86. The smallest absolute Gasteiger partial charge is 0.291 e. The number of nitrogens with zero attached hydrogens (tertiary/aromatic N) is 3. The zero-order valence-electron chi connectivity index (χ0n) is 16.8. The number of imidazole rings is 1. The number of aromatic amines is 1. The molecule has 156 valence electrons. The first kappa shape index (κ1) is 19.1. The molecule has 5 rings (SSSR count). The number of phenols is 1.